The van der Waals surface area contributed by atoms with Crippen LogP contribution in [0.25, 0.3) is 0 Å². The molecule has 0 unspecified atom stereocenters. The molecule has 0 heterocycles. The third kappa shape index (κ3) is 4.15. The van der Waals surface area contributed by atoms with Gasteiger partial charge in [0.05, 0.1) is 19.2 Å². The van der Waals surface area contributed by atoms with Crippen LogP contribution in [0.15, 0.2) is 23.3 Å². The van der Waals surface area contributed by atoms with Crippen LogP contribution in [-0.4, -0.2) is 23.9 Å². The number of rotatable bonds is 6. The summed E-state index contributed by atoms with van der Waals surface area (Å²) in [6.45, 7) is 1.39. The van der Waals surface area contributed by atoms with Crippen molar-refractivity contribution in [2.45, 2.75) is 13.3 Å². The van der Waals surface area contributed by atoms with Crippen molar-refractivity contribution in [3.8, 4) is 5.75 Å². The highest BCUT2D eigenvalue weighted by molar-refractivity contribution is 5.99. The zero-order chi connectivity index (χ0) is 20.3. The first kappa shape index (κ1) is 20.1. The number of carbonyl (C=O) groups is 1. The summed E-state index contributed by atoms with van der Waals surface area (Å²) in [7, 11) is 1.35. The average Bonchev–Trinajstić information content (AvgIpc) is 2.64. The summed E-state index contributed by atoms with van der Waals surface area (Å²) in [4.78, 5) is 10.9. The van der Waals surface area contributed by atoms with Crippen molar-refractivity contribution in [1.82, 2.24) is 0 Å². The molecule has 2 N–H and O–H groups in total. The zero-order valence-electron chi connectivity index (χ0n) is 14.0. The predicted octanol–water partition coefficient (Wildman–Crippen LogP) is 3.85. The highest BCUT2D eigenvalue weighted by atomic mass is 19.2. The maximum Gasteiger partial charge on any atom is 0.307 e. The van der Waals surface area contributed by atoms with Gasteiger partial charge in [-0.25, -0.2) is 22.0 Å². The van der Waals surface area contributed by atoms with Gasteiger partial charge in [-0.1, -0.05) is 0 Å². The summed E-state index contributed by atoms with van der Waals surface area (Å²) in [5.74, 6) is -11.4. The fraction of sp³-hybridized carbons (Fsp3) is 0.176. The Morgan fingerprint density at radius 1 is 1.07 bits per heavy atom. The van der Waals surface area contributed by atoms with Gasteiger partial charge in [-0.3, -0.25) is 10.2 Å². The van der Waals surface area contributed by atoms with Crippen LogP contribution < -0.4 is 10.2 Å². The van der Waals surface area contributed by atoms with Gasteiger partial charge in [0.2, 0.25) is 5.82 Å². The maximum atomic E-state index is 13.6. The summed E-state index contributed by atoms with van der Waals surface area (Å²) >= 11 is 0. The molecule has 0 spiro atoms. The minimum Gasteiger partial charge on any atom is -0.496 e. The summed E-state index contributed by atoms with van der Waals surface area (Å²) in [6, 6.07) is 4.38. The Morgan fingerprint density at radius 3 is 2.15 bits per heavy atom. The molecule has 0 aliphatic carbocycles. The molecule has 2 rings (SSSR count). The lowest BCUT2D eigenvalue weighted by atomic mass is 10.0. The van der Waals surface area contributed by atoms with Crippen molar-refractivity contribution in [3.05, 3.63) is 58.4 Å². The summed E-state index contributed by atoms with van der Waals surface area (Å²) < 4.78 is 71.7. The van der Waals surface area contributed by atoms with Gasteiger partial charge in [0.15, 0.2) is 23.3 Å². The number of benzene rings is 2. The molecule has 27 heavy (non-hydrogen) atoms. The molecular weight excluding hydrogens is 375 g/mol. The number of methoxy groups -OCH3 is 1. The third-order valence-corrected chi connectivity index (χ3v) is 3.59. The van der Waals surface area contributed by atoms with E-state index in [-0.39, 0.29) is 12.1 Å². The van der Waals surface area contributed by atoms with Crippen LogP contribution in [0.3, 0.4) is 0 Å². The lowest BCUT2D eigenvalue weighted by Crippen LogP contribution is -2.09. The molecule has 0 bridgehead atoms. The predicted molar refractivity (Wildman–Crippen MR) is 86.4 cm³/mol. The first-order valence-corrected chi connectivity index (χ1v) is 7.38. The van der Waals surface area contributed by atoms with E-state index < -0.39 is 40.7 Å². The molecule has 10 heteroatoms. The highest BCUT2D eigenvalue weighted by Gasteiger charge is 2.25. The minimum atomic E-state index is -2.27. The second-order valence-corrected chi connectivity index (χ2v) is 5.35. The minimum absolute atomic E-state index is 0.105. The highest BCUT2D eigenvalue weighted by Crippen LogP contribution is 2.27. The van der Waals surface area contributed by atoms with Gasteiger partial charge in [0, 0.05) is 5.56 Å². The maximum absolute atomic E-state index is 13.6. The Balaban J connectivity index is 2.38. The Kier molecular flexibility index (Phi) is 5.98. The van der Waals surface area contributed by atoms with E-state index in [0.717, 1.165) is 0 Å². The molecule has 0 atom stereocenters. The molecule has 0 saturated heterocycles. The number of carboxylic acids is 1. The van der Waals surface area contributed by atoms with Crippen molar-refractivity contribution in [2.24, 2.45) is 5.10 Å². The van der Waals surface area contributed by atoms with Gasteiger partial charge in [-0.05, 0) is 30.7 Å². The van der Waals surface area contributed by atoms with E-state index in [4.69, 9.17) is 9.84 Å². The largest absolute Gasteiger partial charge is 0.496 e. The molecular formula is C17H13F5N2O3. The quantitative estimate of drug-likeness (QED) is 0.259. The van der Waals surface area contributed by atoms with E-state index in [0.29, 0.717) is 16.9 Å². The summed E-state index contributed by atoms with van der Waals surface area (Å²) in [5.41, 5.74) is 1.29. The number of carboxylic acid groups (broad SMARTS) is 1. The Morgan fingerprint density at radius 2 is 1.63 bits per heavy atom. The van der Waals surface area contributed by atoms with Gasteiger partial charge in [-0.2, -0.15) is 5.10 Å². The van der Waals surface area contributed by atoms with Crippen molar-refractivity contribution >= 4 is 17.4 Å². The van der Waals surface area contributed by atoms with Gasteiger partial charge < -0.3 is 9.84 Å². The van der Waals surface area contributed by atoms with E-state index in [1.807, 2.05) is 5.43 Å². The SMILES string of the molecule is COc1ccc(/C(C)=N\Nc2c(F)c(F)c(F)c(F)c2F)cc1CC(=O)O. The third-order valence-electron chi connectivity index (χ3n) is 3.59. The van der Waals surface area contributed by atoms with E-state index in [1.54, 1.807) is 0 Å². The van der Waals surface area contributed by atoms with Gasteiger partial charge in [0.25, 0.3) is 0 Å². The molecule has 0 aliphatic rings. The molecule has 0 radical (unpaired) electrons. The molecule has 0 aliphatic heterocycles. The number of nitrogens with one attached hydrogen (secondary N) is 1. The Bertz CT molecular complexity index is 902. The zero-order valence-corrected chi connectivity index (χ0v) is 14.0. The first-order valence-electron chi connectivity index (χ1n) is 7.38. The number of hydrazone groups is 1. The second-order valence-electron chi connectivity index (χ2n) is 5.35. The van der Waals surface area contributed by atoms with Crippen LogP contribution in [0.1, 0.15) is 18.1 Å². The molecule has 2 aromatic carbocycles. The van der Waals surface area contributed by atoms with Crippen LogP contribution in [0.5, 0.6) is 5.75 Å². The van der Waals surface area contributed by atoms with Crippen LogP contribution in [0, 0.1) is 29.1 Å². The Labute approximate surface area is 150 Å². The van der Waals surface area contributed by atoms with Crippen LogP contribution in [-0.2, 0) is 11.2 Å². The number of nitrogens with zero attached hydrogens (tertiary/aromatic N) is 1. The standard InChI is InChI=1S/C17H13F5N2O3/c1-7(8-3-4-10(27-2)9(5-8)6-11(25)26)23-24-17-15(21)13(19)12(18)14(20)16(17)22/h3-5,24H,6H2,1-2H3,(H,25,26)/b23-7-. The van der Waals surface area contributed by atoms with Gasteiger partial charge in [-0.15, -0.1) is 0 Å². The van der Waals surface area contributed by atoms with Crippen molar-refractivity contribution in [1.29, 1.82) is 0 Å². The summed E-state index contributed by atoms with van der Waals surface area (Å²) in [5, 5.41) is 12.5. The van der Waals surface area contributed by atoms with Crippen molar-refractivity contribution in [3.63, 3.8) is 0 Å². The topological polar surface area (TPSA) is 70.9 Å². The average molecular weight is 388 g/mol. The fourth-order valence-corrected chi connectivity index (χ4v) is 2.21. The van der Waals surface area contributed by atoms with E-state index in [1.165, 1.54) is 32.2 Å². The number of halogens is 5. The molecule has 5 nitrogen and oxygen atoms in total. The molecule has 0 saturated carbocycles. The van der Waals surface area contributed by atoms with Gasteiger partial charge >= 0.3 is 5.97 Å². The number of aliphatic carboxylic acids is 1. The first-order chi connectivity index (χ1) is 12.7. The number of ether oxygens (including phenoxy) is 1. The fourth-order valence-electron chi connectivity index (χ4n) is 2.21. The van der Waals surface area contributed by atoms with Crippen molar-refractivity contribution in [2.75, 3.05) is 12.5 Å². The molecule has 0 fully saturated rings. The lowest BCUT2D eigenvalue weighted by molar-refractivity contribution is -0.136. The van der Waals surface area contributed by atoms with Crippen LogP contribution in [0.2, 0.25) is 0 Å². The van der Waals surface area contributed by atoms with E-state index >= 15 is 0 Å². The van der Waals surface area contributed by atoms with Gasteiger partial charge in [0.1, 0.15) is 11.4 Å². The number of anilines is 1. The Hall–Kier alpha value is -3.17. The number of hydrogen-bond acceptors (Lipinski definition) is 4. The molecule has 2 aromatic rings. The lowest BCUT2D eigenvalue weighted by Gasteiger charge is -2.11. The number of hydrogen-bond donors (Lipinski definition) is 2. The molecule has 144 valence electrons. The molecule has 0 amide bonds. The smallest absolute Gasteiger partial charge is 0.307 e. The van der Waals surface area contributed by atoms with Crippen LogP contribution in [0.4, 0.5) is 27.6 Å². The monoisotopic (exact) mass is 388 g/mol. The van der Waals surface area contributed by atoms with Crippen molar-refractivity contribution < 1.29 is 36.6 Å². The molecule has 0 aromatic heterocycles. The van der Waals surface area contributed by atoms with Crippen LogP contribution >= 0.6 is 0 Å². The second kappa shape index (κ2) is 8.02. The van der Waals surface area contributed by atoms with E-state index in [2.05, 4.69) is 5.10 Å². The summed E-state index contributed by atoms with van der Waals surface area (Å²) in [6.07, 6.45) is -0.352. The van der Waals surface area contributed by atoms with E-state index in [9.17, 15) is 26.7 Å². The normalized spacial score (nSPS) is 11.4.